The van der Waals surface area contributed by atoms with Gasteiger partial charge in [-0.2, -0.15) is 8.78 Å². The number of aromatic nitrogens is 3. The Labute approximate surface area is 170 Å². The Morgan fingerprint density at radius 2 is 2.00 bits per heavy atom. The molecule has 3 heterocycles. The Hall–Kier alpha value is -2.84. The van der Waals surface area contributed by atoms with Gasteiger partial charge in [0.25, 0.3) is 0 Å². The van der Waals surface area contributed by atoms with Crippen LogP contribution in [0.4, 0.5) is 31.9 Å². The normalized spacial score (nSPS) is 16.9. The molecule has 1 fully saturated rings. The van der Waals surface area contributed by atoms with Gasteiger partial charge in [0.1, 0.15) is 17.5 Å². The molecular weight excluding hydrogens is 378 g/mol. The minimum atomic E-state index is -3.16. The van der Waals surface area contributed by atoms with Crippen LogP contribution in [-0.2, 0) is 16.1 Å². The number of nitrogens with one attached hydrogen (secondary N) is 2. The lowest BCUT2D eigenvalue weighted by Crippen LogP contribution is -2.24. The van der Waals surface area contributed by atoms with E-state index in [1.807, 2.05) is 18.7 Å². The molecule has 7 nitrogen and oxygen atoms in total. The largest absolute Gasteiger partial charge is 0.368 e. The fraction of sp³-hybridized carbons (Fsp3) is 0.500. The Kier molecular flexibility index (Phi) is 4.43. The number of hydrogen-bond acceptors (Lipinski definition) is 6. The van der Waals surface area contributed by atoms with Gasteiger partial charge in [-0.25, -0.2) is 15.0 Å². The average Bonchev–Trinajstić information content (AvgIpc) is 3.30. The van der Waals surface area contributed by atoms with Crippen LogP contribution >= 0.6 is 0 Å². The second-order valence-electron chi connectivity index (χ2n) is 8.26. The van der Waals surface area contributed by atoms with Gasteiger partial charge < -0.3 is 15.5 Å². The van der Waals surface area contributed by atoms with Gasteiger partial charge in [-0.15, -0.1) is 0 Å². The summed E-state index contributed by atoms with van der Waals surface area (Å²) in [6.45, 7) is 6.69. The van der Waals surface area contributed by atoms with Crippen LogP contribution in [0.25, 0.3) is 0 Å². The highest BCUT2D eigenvalue weighted by molar-refractivity contribution is 5.89. The van der Waals surface area contributed by atoms with E-state index in [9.17, 15) is 13.6 Å². The number of pyridine rings is 1. The maximum atomic E-state index is 14.1. The van der Waals surface area contributed by atoms with Crippen molar-refractivity contribution < 1.29 is 16.4 Å². The van der Waals surface area contributed by atoms with Crippen molar-refractivity contribution in [3.05, 3.63) is 29.7 Å². The number of nitrogens with zero attached hydrogens (tertiary/aromatic N) is 4. The lowest BCUT2D eigenvalue weighted by Gasteiger charge is -2.22. The van der Waals surface area contributed by atoms with Gasteiger partial charge in [0.05, 0.1) is 5.69 Å². The zero-order valence-electron chi connectivity index (χ0n) is 16.9. The summed E-state index contributed by atoms with van der Waals surface area (Å²) in [5.74, 6) is -2.72. The summed E-state index contributed by atoms with van der Waals surface area (Å²) in [5.41, 5.74) is 1.87. The van der Waals surface area contributed by atoms with E-state index in [2.05, 4.69) is 25.6 Å². The van der Waals surface area contributed by atoms with Crippen molar-refractivity contribution in [2.24, 2.45) is 0 Å². The van der Waals surface area contributed by atoms with Crippen LogP contribution in [0, 0.1) is 0 Å². The number of carbonyl (C=O) groups is 1. The second-order valence-corrected chi connectivity index (χ2v) is 8.26. The summed E-state index contributed by atoms with van der Waals surface area (Å²) in [4.78, 5) is 25.9. The quantitative estimate of drug-likeness (QED) is 0.764. The predicted octanol–water partition coefficient (Wildman–Crippen LogP) is 4.44. The lowest BCUT2D eigenvalue weighted by atomic mass is 10.0. The van der Waals surface area contributed by atoms with E-state index in [1.54, 1.807) is 18.3 Å². The smallest absolute Gasteiger partial charge is 0.303 e. The van der Waals surface area contributed by atoms with E-state index < -0.39 is 11.7 Å². The summed E-state index contributed by atoms with van der Waals surface area (Å²) in [6.07, 6.45) is 3.80. The molecular formula is C20H28F2N6O. The fourth-order valence-electron chi connectivity index (χ4n) is 3.72. The molecule has 29 heavy (non-hydrogen) atoms. The zero-order chi connectivity index (χ0) is 21.0. The number of anilines is 4. The van der Waals surface area contributed by atoms with Crippen LogP contribution in [0.1, 0.15) is 54.8 Å². The van der Waals surface area contributed by atoms with Gasteiger partial charge in [0.2, 0.25) is 11.7 Å². The van der Waals surface area contributed by atoms with E-state index in [0.29, 0.717) is 24.0 Å². The number of rotatable bonds is 5. The number of fused-ring (bicyclic) bond motifs is 2. The molecule has 1 spiro atoms. The summed E-state index contributed by atoms with van der Waals surface area (Å²) in [6, 6.07) is 3.51. The molecule has 2 aromatic rings. The minimum Gasteiger partial charge on any atom is -0.368 e. The molecule has 0 atom stereocenters. The third-order valence-corrected chi connectivity index (χ3v) is 5.18. The van der Waals surface area contributed by atoms with Crippen molar-refractivity contribution in [1.82, 2.24) is 15.0 Å². The maximum Gasteiger partial charge on any atom is 0.303 e. The molecule has 1 amide bonds. The van der Waals surface area contributed by atoms with Crippen molar-refractivity contribution in [2.75, 3.05) is 22.1 Å². The minimum absolute atomic E-state index is 0. The molecule has 0 unspecified atom stereocenters. The first-order valence-electron chi connectivity index (χ1n) is 9.67. The van der Waals surface area contributed by atoms with Crippen LogP contribution in [-0.4, -0.2) is 33.4 Å². The first kappa shape index (κ1) is 19.5. The van der Waals surface area contributed by atoms with E-state index in [-0.39, 0.29) is 20.2 Å². The van der Waals surface area contributed by atoms with E-state index in [4.69, 9.17) is 0 Å². The lowest BCUT2D eigenvalue weighted by molar-refractivity contribution is -0.114. The Morgan fingerprint density at radius 3 is 2.59 bits per heavy atom. The van der Waals surface area contributed by atoms with Crippen LogP contribution in [0.3, 0.4) is 0 Å². The molecule has 0 aromatic carbocycles. The third kappa shape index (κ3) is 3.73. The van der Waals surface area contributed by atoms with Gasteiger partial charge in [-0.1, -0.05) is 0 Å². The molecule has 0 saturated heterocycles. The van der Waals surface area contributed by atoms with Gasteiger partial charge >= 0.3 is 5.92 Å². The highest BCUT2D eigenvalue weighted by Gasteiger charge is 2.52. The van der Waals surface area contributed by atoms with Gasteiger partial charge in [0, 0.05) is 58.6 Å². The van der Waals surface area contributed by atoms with Crippen molar-refractivity contribution in [1.29, 1.82) is 0 Å². The topological polar surface area (TPSA) is 83.0 Å². The molecule has 2 aromatic heterocycles. The summed E-state index contributed by atoms with van der Waals surface area (Å²) >= 11 is 0. The predicted molar refractivity (Wildman–Crippen MR) is 111 cm³/mol. The molecule has 0 radical (unpaired) electrons. The van der Waals surface area contributed by atoms with Crippen LogP contribution in [0.15, 0.2) is 18.3 Å². The molecule has 4 rings (SSSR count). The number of alkyl halides is 2. The van der Waals surface area contributed by atoms with Crippen LogP contribution in [0.2, 0.25) is 0 Å². The molecule has 0 bridgehead atoms. The number of hydrogen-bond donors (Lipinski definition) is 2. The maximum absolute atomic E-state index is 14.1. The number of amides is 1. The highest BCUT2D eigenvalue weighted by Crippen LogP contribution is 2.58. The highest BCUT2D eigenvalue weighted by atomic mass is 19.3. The fourth-order valence-corrected chi connectivity index (χ4v) is 3.72. The van der Waals surface area contributed by atoms with Crippen molar-refractivity contribution >= 4 is 29.0 Å². The Bertz CT molecular complexity index is 979. The Morgan fingerprint density at radius 1 is 1.28 bits per heavy atom. The van der Waals surface area contributed by atoms with Crippen LogP contribution in [0.5, 0.6) is 0 Å². The number of halogens is 2. The van der Waals surface area contributed by atoms with Crippen molar-refractivity contribution in [3.63, 3.8) is 0 Å². The first-order valence-corrected chi connectivity index (χ1v) is 9.67. The summed E-state index contributed by atoms with van der Waals surface area (Å²) in [7, 11) is 0. The van der Waals surface area contributed by atoms with Crippen molar-refractivity contribution in [3.8, 4) is 0 Å². The van der Waals surface area contributed by atoms with Gasteiger partial charge in [-0.3, -0.25) is 4.79 Å². The van der Waals surface area contributed by atoms with E-state index >= 15 is 0 Å². The Balaban J connectivity index is 0.00000171. The monoisotopic (exact) mass is 406 g/mol. The molecule has 9 heteroatoms. The first-order chi connectivity index (χ1) is 13.6. The number of carbonyl (C=O) groups excluding carboxylic acids is 1. The molecule has 2 aliphatic rings. The molecule has 2 N–H and O–H groups in total. The second kappa shape index (κ2) is 6.60. The van der Waals surface area contributed by atoms with Gasteiger partial charge in [0.15, 0.2) is 0 Å². The summed E-state index contributed by atoms with van der Waals surface area (Å²) < 4.78 is 28.2. The summed E-state index contributed by atoms with van der Waals surface area (Å²) in [5, 5.41) is 5.78. The molecule has 1 saturated carbocycles. The average molecular weight is 406 g/mol. The molecule has 1 aliphatic carbocycles. The standard InChI is InChI=1S/C20H24F2N6O.2H2/c1-11(2)24-16-8-17(27-18(26-16)19(4,21)22)28-10-20(5-6-20)13-9-23-15(7-14(13)28)25-12(3)29;;/h7-9,11H,5-6,10H2,1-4H3,(H,23,25,29)(H,24,26,27);2*1H. The van der Waals surface area contributed by atoms with Crippen molar-refractivity contribution in [2.45, 2.75) is 57.9 Å². The van der Waals surface area contributed by atoms with Gasteiger partial charge in [-0.05, 0) is 26.7 Å². The van der Waals surface area contributed by atoms with Crippen LogP contribution < -0.4 is 15.5 Å². The molecule has 1 aliphatic heterocycles. The third-order valence-electron chi connectivity index (χ3n) is 5.18. The molecule has 158 valence electrons. The van der Waals surface area contributed by atoms with E-state index in [1.165, 1.54) is 6.92 Å². The SMILES string of the molecule is CC(=O)Nc1cc2c(cn1)C1(CC1)CN2c1cc(NC(C)C)nc(C(C)(F)F)n1.[HH].[HH]. The van der Waals surface area contributed by atoms with E-state index in [0.717, 1.165) is 31.0 Å². The zero-order valence-corrected chi connectivity index (χ0v) is 16.9.